The summed E-state index contributed by atoms with van der Waals surface area (Å²) in [5, 5.41) is 2.49. The van der Waals surface area contributed by atoms with Crippen LogP contribution in [-0.2, 0) is 0 Å². The first kappa shape index (κ1) is 12.4. The van der Waals surface area contributed by atoms with E-state index in [2.05, 4.69) is 11.4 Å². The van der Waals surface area contributed by atoms with Gasteiger partial charge in [0.05, 0.1) is 4.91 Å². The molecular formula is C14H11NO2S2. The normalized spacial score (nSPS) is 23.7. The number of benzene rings is 1. The number of thioether (sulfide) groups is 1. The Hall–Kier alpha value is -1.59. The zero-order valence-electron chi connectivity index (χ0n) is 10.2. The van der Waals surface area contributed by atoms with Crippen LogP contribution in [0.15, 0.2) is 40.8 Å². The van der Waals surface area contributed by atoms with Crippen LogP contribution in [0.4, 0.5) is 4.79 Å². The van der Waals surface area contributed by atoms with Crippen LogP contribution in [0.25, 0.3) is 6.08 Å². The molecule has 2 aliphatic heterocycles. The van der Waals surface area contributed by atoms with E-state index in [1.165, 1.54) is 0 Å². The summed E-state index contributed by atoms with van der Waals surface area (Å²) in [6.07, 6.45) is 3.94. The number of carbonyl (C=O) groups is 1. The largest absolute Gasteiger partial charge is 0.485 e. The molecule has 1 saturated heterocycles. The Morgan fingerprint density at radius 2 is 2.21 bits per heavy atom. The van der Waals surface area contributed by atoms with Gasteiger partial charge in [-0.2, -0.15) is 0 Å². The monoisotopic (exact) mass is 289 g/mol. The molecule has 1 amide bonds. The molecule has 1 aromatic rings. The minimum absolute atomic E-state index is 0.0542. The van der Waals surface area contributed by atoms with E-state index in [0.29, 0.717) is 4.99 Å². The molecule has 3 rings (SSSR count). The minimum Gasteiger partial charge on any atom is -0.485 e. The quantitative estimate of drug-likeness (QED) is 0.634. The van der Waals surface area contributed by atoms with Crippen LogP contribution in [0.1, 0.15) is 12.5 Å². The summed E-state index contributed by atoms with van der Waals surface area (Å²) in [5.74, 6) is 0.882. The van der Waals surface area contributed by atoms with Gasteiger partial charge in [-0.15, -0.1) is 0 Å². The molecule has 0 aromatic heterocycles. The number of hydrogen-bond donors (Lipinski definition) is 1. The molecule has 0 aliphatic carbocycles. The zero-order chi connectivity index (χ0) is 13.4. The van der Waals surface area contributed by atoms with Crippen molar-refractivity contribution in [3.63, 3.8) is 0 Å². The fourth-order valence-electron chi connectivity index (χ4n) is 1.99. The first-order valence-electron chi connectivity index (χ1n) is 5.85. The molecule has 0 saturated carbocycles. The summed E-state index contributed by atoms with van der Waals surface area (Å²) in [5.41, 5.74) is 2.06. The third-order valence-electron chi connectivity index (χ3n) is 2.95. The van der Waals surface area contributed by atoms with Gasteiger partial charge < -0.3 is 10.1 Å². The van der Waals surface area contributed by atoms with Crippen LogP contribution >= 0.6 is 24.0 Å². The molecule has 0 spiro atoms. The van der Waals surface area contributed by atoms with Crippen LogP contribution < -0.4 is 10.1 Å². The Kier molecular flexibility index (Phi) is 3.16. The lowest BCUT2D eigenvalue weighted by molar-refractivity contribution is 0.257. The van der Waals surface area contributed by atoms with E-state index in [1.54, 1.807) is 0 Å². The molecule has 1 atom stereocenters. The summed E-state index contributed by atoms with van der Waals surface area (Å²) < 4.78 is 5.85. The Morgan fingerprint density at radius 3 is 2.95 bits per heavy atom. The maximum absolute atomic E-state index is 11.3. The molecule has 96 valence electrons. The Bertz CT molecular complexity index is 634. The van der Waals surface area contributed by atoms with Gasteiger partial charge in [-0.25, -0.2) is 0 Å². The molecule has 3 nitrogen and oxygen atoms in total. The predicted octanol–water partition coefficient (Wildman–Crippen LogP) is 3.52. The predicted molar refractivity (Wildman–Crippen MR) is 81.3 cm³/mol. The smallest absolute Gasteiger partial charge is 0.289 e. The van der Waals surface area contributed by atoms with Crippen molar-refractivity contribution in [1.82, 2.24) is 5.32 Å². The van der Waals surface area contributed by atoms with E-state index < -0.39 is 0 Å². The molecule has 0 bridgehead atoms. The highest BCUT2D eigenvalue weighted by Gasteiger charge is 2.24. The fraction of sp³-hybridized carbons (Fsp3) is 0.143. The van der Waals surface area contributed by atoms with Gasteiger partial charge in [0.1, 0.15) is 16.8 Å². The Morgan fingerprint density at radius 1 is 1.42 bits per heavy atom. The summed E-state index contributed by atoms with van der Waals surface area (Å²) >= 11 is 6.24. The molecule has 1 N–H and O–H groups in total. The van der Waals surface area contributed by atoms with E-state index in [9.17, 15) is 4.79 Å². The molecular weight excluding hydrogens is 278 g/mol. The van der Waals surface area contributed by atoms with Crippen molar-refractivity contribution >= 4 is 40.3 Å². The number of rotatable bonds is 1. The second-order valence-corrected chi connectivity index (χ2v) is 5.72. The van der Waals surface area contributed by atoms with E-state index >= 15 is 0 Å². The van der Waals surface area contributed by atoms with Gasteiger partial charge in [0.25, 0.3) is 5.24 Å². The first-order chi connectivity index (χ1) is 9.13. The number of para-hydroxylation sites is 1. The van der Waals surface area contributed by atoms with Crippen LogP contribution in [0.5, 0.6) is 5.75 Å². The molecule has 0 radical (unpaired) electrons. The third-order valence-corrected chi connectivity index (χ3v) is 4.23. The third kappa shape index (κ3) is 2.43. The van der Waals surface area contributed by atoms with Crippen LogP contribution in [0, 0.1) is 0 Å². The fourth-order valence-corrected chi connectivity index (χ4v) is 3.03. The summed E-state index contributed by atoms with van der Waals surface area (Å²) in [4.78, 5) is 12.5. The number of amides is 1. The van der Waals surface area contributed by atoms with Crippen LogP contribution in [0.3, 0.4) is 0 Å². The maximum Gasteiger partial charge on any atom is 0.289 e. The number of thiocarbonyl (C=S) groups is 1. The van der Waals surface area contributed by atoms with E-state index in [1.807, 2.05) is 37.3 Å². The summed E-state index contributed by atoms with van der Waals surface area (Å²) in [6, 6.07) is 7.88. The zero-order valence-corrected chi connectivity index (χ0v) is 11.8. The molecule has 1 aromatic carbocycles. The number of nitrogens with one attached hydrogen (secondary N) is 1. The van der Waals surface area contributed by atoms with Gasteiger partial charge in [0, 0.05) is 5.56 Å². The highest BCUT2D eigenvalue weighted by molar-refractivity contribution is 8.19. The SMILES string of the molecule is CC1Oc2ccccc2C=C1/C=C1\SC(=O)NC1=S. The van der Waals surface area contributed by atoms with Gasteiger partial charge >= 0.3 is 0 Å². The Labute approximate surface area is 120 Å². The van der Waals surface area contributed by atoms with Crippen molar-refractivity contribution in [2.24, 2.45) is 0 Å². The lowest BCUT2D eigenvalue weighted by Gasteiger charge is -2.23. The maximum atomic E-state index is 11.3. The highest BCUT2D eigenvalue weighted by atomic mass is 32.2. The first-order valence-corrected chi connectivity index (χ1v) is 7.08. The van der Waals surface area contributed by atoms with E-state index in [4.69, 9.17) is 17.0 Å². The molecule has 2 heterocycles. The number of carbonyl (C=O) groups excluding carboxylic acids is 1. The van der Waals surface area contributed by atoms with E-state index in [-0.39, 0.29) is 11.3 Å². The molecule has 1 fully saturated rings. The van der Waals surface area contributed by atoms with Crippen molar-refractivity contribution in [1.29, 1.82) is 0 Å². The van der Waals surface area contributed by atoms with Gasteiger partial charge in [0.2, 0.25) is 0 Å². The molecule has 2 aliphatic rings. The number of hydrogen-bond acceptors (Lipinski definition) is 4. The molecule has 5 heteroatoms. The van der Waals surface area contributed by atoms with Gasteiger partial charge in [0.15, 0.2) is 0 Å². The molecule has 1 unspecified atom stereocenters. The van der Waals surface area contributed by atoms with Crippen LogP contribution in [-0.4, -0.2) is 16.3 Å². The lowest BCUT2D eigenvalue weighted by atomic mass is 10.0. The highest BCUT2D eigenvalue weighted by Crippen LogP contribution is 2.32. The minimum atomic E-state index is -0.123. The topological polar surface area (TPSA) is 38.3 Å². The van der Waals surface area contributed by atoms with Crippen LogP contribution in [0.2, 0.25) is 0 Å². The van der Waals surface area contributed by atoms with Gasteiger partial charge in [-0.3, -0.25) is 4.79 Å². The van der Waals surface area contributed by atoms with Crippen molar-refractivity contribution in [3.8, 4) is 5.75 Å². The Balaban J connectivity index is 1.97. The van der Waals surface area contributed by atoms with Crippen molar-refractivity contribution in [2.45, 2.75) is 13.0 Å². The summed E-state index contributed by atoms with van der Waals surface area (Å²) in [6.45, 7) is 1.98. The average Bonchev–Trinajstić information content (AvgIpc) is 2.69. The lowest BCUT2D eigenvalue weighted by Crippen LogP contribution is -2.19. The van der Waals surface area contributed by atoms with Gasteiger partial charge in [-0.1, -0.05) is 30.4 Å². The van der Waals surface area contributed by atoms with Crippen molar-refractivity contribution < 1.29 is 9.53 Å². The average molecular weight is 289 g/mol. The van der Waals surface area contributed by atoms with Crippen molar-refractivity contribution in [2.75, 3.05) is 0 Å². The number of fused-ring (bicyclic) bond motifs is 1. The second-order valence-electron chi connectivity index (χ2n) is 4.29. The van der Waals surface area contributed by atoms with Gasteiger partial charge in [-0.05, 0) is 42.5 Å². The standard InChI is InChI=1S/C14H11NO2S2/c1-8-10(7-12-13(18)15-14(16)19-12)6-9-4-2-3-5-11(9)17-8/h2-8H,1H3,(H,15,16,18)/b12-7-. The molecule has 19 heavy (non-hydrogen) atoms. The van der Waals surface area contributed by atoms with E-state index in [0.717, 1.165) is 33.6 Å². The second kappa shape index (κ2) is 4.83. The number of ether oxygens (including phenoxy) is 1. The van der Waals surface area contributed by atoms with Crippen molar-refractivity contribution in [3.05, 3.63) is 46.4 Å². The summed E-state index contributed by atoms with van der Waals surface area (Å²) in [7, 11) is 0.